The molecule has 0 fully saturated rings. The molecule has 4 rings (SSSR count). The Bertz CT molecular complexity index is 827. The minimum absolute atomic E-state index is 0.361. The first kappa shape index (κ1) is 12.4. The Hall–Kier alpha value is -2.30. The second kappa shape index (κ2) is 4.35. The van der Waals surface area contributed by atoms with Crippen LogP contribution >= 0.6 is 0 Å². The van der Waals surface area contributed by atoms with Gasteiger partial charge in [0.25, 0.3) is 0 Å². The summed E-state index contributed by atoms with van der Waals surface area (Å²) in [7, 11) is 1.96. The van der Waals surface area contributed by atoms with Crippen LogP contribution < -0.4 is 5.73 Å². The Morgan fingerprint density at radius 3 is 2.81 bits per heavy atom. The molecule has 1 atom stereocenters. The highest BCUT2D eigenvalue weighted by atomic mass is 15.4. The van der Waals surface area contributed by atoms with Crippen LogP contribution in [-0.2, 0) is 19.9 Å². The number of aromatic nitrogens is 4. The maximum absolute atomic E-state index is 6.20. The van der Waals surface area contributed by atoms with Crippen LogP contribution in [0.2, 0.25) is 0 Å². The molecule has 21 heavy (non-hydrogen) atoms. The molecule has 0 radical (unpaired) electrons. The third kappa shape index (κ3) is 1.77. The molecule has 0 saturated heterocycles. The van der Waals surface area contributed by atoms with Crippen LogP contribution in [0.25, 0.3) is 11.2 Å². The maximum Gasteiger partial charge on any atom is 0.202 e. The van der Waals surface area contributed by atoms with E-state index >= 15 is 0 Å². The lowest BCUT2D eigenvalue weighted by Gasteiger charge is -2.26. The summed E-state index contributed by atoms with van der Waals surface area (Å²) in [4.78, 5) is 4.52. The van der Waals surface area contributed by atoms with Crippen molar-refractivity contribution in [2.75, 3.05) is 5.73 Å². The predicted octanol–water partition coefficient (Wildman–Crippen LogP) is 2.39. The molecule has 2 N–H and O–H groups in total. The van der Waals surface area contributed by atoms with Crippen molar-refractivity contribution in [1.29, 1.82) is 0 Å². The maximum atomic E-state index is 6.20. The van der Waals surface area contributed by atoms with Crippen molar-refractivity contribution >= 4 is 17.1 Å². The molecule has 0 spiro atoms. The second-order valence-corrected chi connectivity index (χ2v) is 5.89. The predicted molar refractivity (Wildman–Crippen MR) is 83.2 cm³/mol. The van der Waals surface area contributed by atoms with E-state index in [0.29, 0.717) is 12.0 Å². The van der Waals surface area contributed by atoms with Gasteiger partial charge in [-0.2, -0.15) is 5.10 Å². The van der Waals surface area contributed by atoms with Gasteiger partial charge < -0.3 is 5.73 Å². The van der Waals surface area contributed by atoms with Crippen LogP contribution in [-0.4, -0.2) is 19.3 Å². The van der Waals surface area contributed by atoms with E-state index in [-0.39, 0.29) is 0 Å². The molecule has 2 aromatic heterocycles. The molecule has 1 unspecified atom stereocenters. The average molecular weight is 281 g/mol. The summed E-state index contributed by atoms with van der Waals surface area (Å²) in [5.41, 5.74) is 12.0. The summed E-state index contributed by atoms with van der Waals surface area (Å²) in [5.74, 6) is 0.602. The SMILES string of the molecule is Cc1nn(C)c2c1nc(N)n2C1CCc2ccccc2C1. The minimum atomic E-state index is 0.361. The third-order valence-corrected chi connectivity index (χ3v) is 4.55. The standard InChI is InChI=1S/C16H19N5/c1-10-14-15(20(2)19-10)21(16(17)18-14)13-8-7-11-5-3-4-6-12(11)9-13/h3-6,13H,7-9H2,1-2H3,(H2,17,18). The average Bonchev–Trinajstić information content (AvgIpc) is 2.96. The van der Waals surface area contributed by atoms with Crippen molar-refractivity contribution in [1.82, 2.24) is 19.3 Å². The summed E-state index contributed by atoms with van der Waals surface area (Å²) in [6, 6.07) is 9.04. The van der Waals surface area contributed by atoms with E-state index in [4.69, 9.17) is 5.73 Å². The molecule has 1 aliphatic rings. The summed E-state index contributed by atoms with van der Waals surface area (Å²) < 4.78 is 4.07. The van der Waals surface area contributed by atoms with Crippen LogP contribution in [0.3, 0.4) is 0 Å². The first-order valence-electron chi connectivity index (χ1n) is 7.39. The zero-order valence-corrected chi connectivity index (χ0v) is 12.4. The van der Waals surface area contributed by atoms with E-state index in [1.54, 1.807) is 0 Å². The van der Waals surface area contributed by atoms with Crippen LogP contribution in [0.1, 0.15) is 29.3 Å². The van der Waals surface area contributed by atoms with Gasteiger partial charge >= 0.3 is 0 Å². The highest BCUT2D eigenvalue weighted by Crippen LogP contribution is 2.33. The molecule has 0 saturated carbocycles. The summed E-state index contributed by atoms with van der Waals surface area (Å²) in [6.45, 7) is 1.98. The van der Waals surface area contributed by atoms with Crippen molar-refractivity contribution in [2.45, 2.75) is 32.2 Å². The molecule has 2 heterocycles. The molecule has 5 nitrogen and oxygen atoms in total. The molecule has 3 aromatic rings. The van der Waals surface area contributed by atoms with Gasteiger partial charge in [0, 0.05) is 13.1 Å². The molecule has 0 aliphatic heterocycles. The number of benzene rings is 1. The Morgan fingerprint density at radius 1 is 1.24 bits per heavy atom. The van der Waals surface area contributed by atoms with Crippen molar-refractivity contribution in [3.05, 3.63) is 41.1 Å². The minimum Gasteiger partial charge on any atom is -0.369 e. The van der Waals surface area contributed by atoms with Crippen molar-refractivity contribution in [3.8, 4) is 0 Å². The van der Waals surface area contributed by atoms with Gasteiger partial charge in [-0.25, -0.2) is 4.98 Å². The number of hydrogen-bond acceptors (Lipinski definition) is 3. The topological polar surface area (TPSA) is 61.7 Å². The normalized spacial score (nSPS) is 18.1. The number of nitrogens with two attached hydrogens (primary N) is 1. The first-order chi connectivity index (χ1) is 10.1. The van der Waals surface area contributed by atoms with Gasteiger partial charge in [-0.05, 0) is 37.3 Å². The lowest BCUT2D eigenvalue weighted by atomic mass is 9.88. The summed E-state index contributed by atoms with van der Waals surface area (Å²) in [6.07, 6.45) is 3.20. The van der Waals surface area contributed by atoms with E-state index in [0.717, 1.165) is 36.1 Å². The highest BCUT2D eigenvalue weighted by molar-refractivity contribution is 5.77. The lowest BCUT2D eigenvalue weighted by molar-refractivity contribution is 0.451. The van der Waals surface area contributed by atoms with E-state index in [9.17, 15) is 0 Å². The number of fused-ring (bicyclic) bond motifs is 2. The number of hydrogen-bond donors (Lipinski definition) is 1. The van der Waals surface area contributed by atoms with Crippen molar-refractivity contribution in [2.24, 2.45) is 7.05 Å². The Kier molecular flexibility index (Phi) is 2.58. The fourth-order valence-corrected chi connectivity index (χ4v) is 3.57. The molecule has 0 amide bonds. The molecule has 1 aromatic carbocycles. The molecule has 1 aliphatic carbocycles. The number of aryl methyl sites for hydroxylation is 3. The van der Waals surface area contributed by atoms with Crippen LogP contribution in [0.4, 0.5) is 5.95 Å². The monoisotopic (exact) mass is 281 g/mol. The van der Waals surface area contributed by atoms with Gasteiger partial charge in [-0.1, -0.05) is 24.3 Å². The molecule has 0 bridgehead atoms. The van der Waals surface area contributed by atoms with Crippen molar-refractivity contribution < 1.29 is 0 Å². The van der Waals surface area contributed by atoms with Crippen molar-refractivity contribution in [3.63, 3.8) is 0 Å². The molecular formula is C16H19N5. The zero-order chi connectivity index (χ0) is 14.6. The Labute approximate surface area is 123 Å². The number of nitrogen functional groups attached to an aromatic ring is 1. The Balaban J connectivity index is 1.83. The highest BCUT2D eigenvalue weighted by Gasteiger charge is 2.25. The number of nitrogens with zero attached hydrogens (tertiary/aromatic N) is 4. The Morgan fingerprint density at radius 2 is 2.00 bits per heavy atom. The van der Waals surface area contributed by atoms with Gasteiger partial charge in [0.15, 0.2) is 5.65 Å². The van der Waals surface area contributed by atoms with Gasteiger partial charge in [0.05, 0.1) is 5.69 Å². The third-order valence-electron chi connectivity index (χ3n) is 4.55. The van der Waals surface area contributed by atoms with Gasteiger partial charge in [-0.3, -0.25) is 9.25 Å². The smallest absolute Gasteiger partial charge is 0.202 e. The fraction of sp³-hybridized carbons (Fsp3) is 0.375. The molecule has 5 heteroatoms. The first-order valence-corrected chi connectivity index (χ1v) is 7.39. The van der Waals surface area contributed by atoms with Crippen LogP contribution in [0, 0.1) is 6.92 Å². The lowest BCUT2D eigenvalue weighted by Crippen LogP contribution is -2.21. The second-order valence-electron chi connectivity index (χ2n) is 5.89. The quantitative estimate of drug-likeness (QED) is 0.745. The van der Waals surface area contributed by atoms with Crippen LogP contribution in [0.5, 0.6) is 0 Å². The number of imidazole rings is 1. The van der Waals surface area contributed by atoms with Gasteiger partial charge in [0.2, 0.25) is 5.95 Å². The zero-order valence-electron chi connectivity index (χ0n) is 12.4. The largest absolute Gasteiger partial charge is 0.369 e. The van der Waals surface area contributed by atoms with Gasteiger partial charge in [-0.15, -0.1) is 0 Å². The van der Waals surface area contributed by atoms with Gasteiger partial charge in [0.1, 0.15) is 5.52 Å². The molecular weight excluding hydrogens is 262 g/mol. The number of rotatable bonds is 1. The fourth-order valence-electron chi connectivity index (χ4n) is 3.57. The molecule has 108 valence electrons. The number of anilines is 1. The summed E-state index contributed by atoms with van der Waals surface area (Å²) >= 11 is 0. The van der Waals surface area contributed by atoms with E-state index in [2.05, 4.69) is 38.9 Å². The van der Waals surface area contributed by atoms with E-state index < -0.39 is 0 Å². The summed E-state index contributed by atoms with van der Waals surface area (Å²) in [5, 5.41) is 4.47. The van der Waals surface area contributed by atoms with Crippen LogP contribution in [0.15, 0.2) is 24.3 Å². The van der Waals surface area contributed by atoms with E-state index in [1.807, 2.05) is 18.7 Å². The van der Waals surface area contributed by atoms with E-state index in [1.165, 1.54) is 11.1 Å².